The van der Waals surface area contributed by atoms with Crippen molar-refractivity contribution in [2.24, 2.45) is 0 Å². The van der Waals surface area contributed by atoms with E-state index in [0.717, 1.165) is 24.3 Å². The number of rotatable bonds is 5. The summed E-state index contributed by atoms with van der Waals surface area (Å²) < 4.78 is 0. The highest BCUT2D eigenvalue weighted by atomic mass is 15.1. The molecular weight excluding hydrogens is 184 g/mol. The normalized spacial score (nSPS) is 10.9. The molecule has 1 rings (SSSR count). The monoisotopic (exact) mass is 206 g/mol. The highest BCUT2D eigenvalue weighted by molar-refractivity contribution is 5.48. The number of hydrogen-bond acceptors (Lipinski definition) is 2. The van der Waals surface area contributed by atoms with Crippen LogP contribution in [0.1, 0.15) is 30.9 Å². The van der Waals surface area contributed by atoms with Gasteiger partial charge in [0.05, 0.1) is 0 Å². The van der Waals surface area contributed by atoms with E-state index in [-0.39, 0.29) is 0 Å². The molecule has 2 heteroatoms. The average Bonchev–Trinajstić information content (AvgIpc) is 2.20. The number of anilines is 1. The first-order chi connectivity index (χ1) is 7.13. The molecule has 0 saturated heterocycles. The molecule has 0 unspecified atom stereocenters. The van der Waals surface area contributed by atoms with Gasteiger partial charge in [-0.15, -0.1) is 0 Å². The van der Waals surface area contributed by atoms with Crippen LogP contribution in [-0.2, 0) is 6.54 Å². The van der Waals surface area contributed by atoms with Crippen LogP contribution in [0.15, 0.2) is 18.2 Å². The second-order valence-electron chi connectivity index (χ2n) is 4.28. The van der Waals surface area contributed by atoms with Gasteiger partial charge < -0.3 is 10.6 Å². The standard InChI is InChI=1S/C13H22N2/c1-4-5-8-15(3)10-12-7-6-11(2)13(14)9-12/h6-7,9H,4-5,8,10,14H2,1-3H3. The van der Waals surface area contributed by atoms with Crippen molar-refractivity contribution >= 4 is 5.69 Å². The number of nitrogens with zero attached hydrogens (tertiary/aromatic N) is 1. The van der Waals surface area contributed by atoms with Crippen LogP contribution < -0.4 is 5.73 Å². The van der Waals surface area contributed by atoms with Gasteiger partial charge in [-0.2, -0.15) is 0 Å². The lowest BCUT2D eigenvalue weighted by molar-refractivity contribution is 0.321. The Balaban J connectivity index is 2.53. The van der Waals surface area contributed by atoms with Crippen LogP contribution in [-0.4, -0.2) is 18.5 Å². The van der Waals surface area contributed by atoms with E-state index in [1.165, 1.54) is 18.4 Å². The van der Waals surface area contributed by atoms with E-state index < -0.39 is 0 Å². The summed E-state index contributed by atoms with van der Waals surface area (Å²) >= 11 is 0. The largest absolute Gasteiger partial charge is 0.399 e. The number of unbranched alkanes of at least 4 members (excludes halogenated alkanes) is 1. The fraction of sp³-hybridized carbons (Fsp3) is 0.538. The predicted octanol–water partition coefficient (Wildman–Crippen LogP) is 2.81. The van der Waals surface area contributed by atoms with Crippen LogP contribution in [0.4, 0.5) is 5.69 Å². The van der Waals surface area contributed by atoms with E-state index >= 15 is 0 Å². The summed E-state index contributed by atoms with van der Waals surface area (Å²) in [4.78, 5) is 2.34. The molecule has 2 N–H and O–H groups in total. The number of nitrogens with two attached hydrogens (primary N) is 1. The number of aryl methyl sites for hydroxylation is 1. The van der Waals surface area contributed by atoms with Crippen LogP contribution in [0.25, 0.3) is 0 Å². The SMILES string of the molecule is CCCCN(C)Cc1ccc(C)c(N)c1. The third kappa shape index (κ3) is 3.92. The Morgan fingerprint density at radius 1 is 1.33 bits per heavy atom. The molecule has 0 spiro atoms. The molecule has 0 saturated carbocycles. The average molecular weight is 206 g/mol. The molecule has 1 aromatic carbocycles. The van der Waals surface area contributed by atoms with Crippen LogP contribution in [0.2, 0.25) is 0 Å². The Hall–Kier alpha value is -1.02. The summed E-state index contributed by atoms with van der Waals surface area (Å²) in [5.41, 5.74) is 9.24. The second-order valence-corrected chi connectivity index (χ2v) is 4.28. The van der Waals surface area contributed by atoms with Crippen LogP contribution in [0.5, 0.6) is 0 Å². The minimum absolute atomic E-state index is 0.899. The van der Waals surface area contributed by atoms with Gasteiger partial charge in [-0.3, -0.25) is 0 Å². The van der Waals surface area contributed by atoms with Crippen molar-refractivity contribution in [3.63, 3.8) is 0 Å². The maximum atomic E-state index is 5.88. The quantitative estimate of drug-likeness (QED) is 0.751. The van der Waals surface area contributed by atoms with Crippen molar-refractivity contribution in [1.82, 2.24) is 4.90 Å². The van der Waals surface area contributed by atoms with Gasteiger partial charge in [0, 0.05) is 12.2 Å². The molecule has 15 heavy (non-hydrogen) atoms. The molecule has 1 aromatic rings. The molecular formula is C13H22N2. The van der Waals surface area contributed by atoms with Crippen molar-refractivity contribution in [2.75, 3.05) is 19.3 Å². The van der Waals surface area contributed by atoms with Gasteiger partial charge in [0.2, 0.25) is 0 Å². The first-order valence-corrected chi connectivity index (χ1v) is 5.67. The fourth-order valence-electron chi connectivity index (χ4n) is 1.61. The lowest BCUT2D eigenvalue weighted by Gasteiger charge is -2.16. The van der Waals surface area contributed by atoms with Gasteiger partial charge in [-0.25, -0.2) is 0 Å². The molecule has 0 heterocycles. The molecule has 0 aliphatic carbocycles. The zero-order valence-corrected chi connectivity index (χ0v) is 10.1. The molecule has 2 nitrogen and oxygen atoms in total. The molecule has 0 aromatic heterocycles. The van der Waals surface area contributed by atoms with Gasteiger partial charge in [0.15, 0.2) is 0 Å². The minimum atomic E-state index is 0.899. The lowest BCUT2D eigenvalue weighted by Crippen LogP contribution is -2.19. The topological polar surface area (TPSA) is 29.3 Å². The van der Waals surface area contributed by atoms with Crippen molar-refractivity contribution in [1.29, 1.82) is 0 Å². The van der Waals surface area contributed by atoms with E-state index in [1.54, 1.807) is 0 Å². The molecule has 0 fully saturated rings. The van der Waals surface area contributed by atoms with E-state index in [4.69, 9.17) is 5.73 Å². The molecule has 0 amide bonds. The van der Waals surface area contributed by atoms with Gasteiger partial charge in [0.1, 0.15) is 0 Å². The third-order valence-electron chi connectivity index (χ3n) is 2.69. The van der Waals surface area contributed by atoms with Crippen molar-refractivity contribution in [3.05, 3.63) is 29.3 Å². The molecule has 0 bridgehead atoms. The summed E-state index contributed by atoms with van der Waals surface area (Å²) in [5.74, 6) is 0. The van der Waals surface area contributed by atoms with Crippen molar-refractivity contribution in [3.8, 4) is 0 Å². The zero-order valence-electron chi connectivity index (χ0n) is 10.1. The summed E-state index contributed by atoms with van der Waals surface area (Å²) in [5, 5.41) is 0. The highest BCUT2D eigenvalue weighted by Gasteiger charge is 2.01. The summed E-state index contributed by atoms with van der Waals surface area (Å²) in [6.45, 7) is 6.41. The second kappa shape index (κ2) is 5.76. The first-order valence-electron chi connectivity index (χ1n) is 5.67. The Kier molecular flexibility index (Phi) is 4.63. The maximum absolute atomic E-state index is 5.88. The molecule has 0 aliphatic heterocycles. The van der Waals surface area contributed by atoms with E-state index in [2.05, 4.69) is 37.1 Å². The molecule has 0 radical (unpaired) electrons. The van der Waals surface area contributed by atoms with Gasteiger partial charge in [-0.1, -0.05) is 25.5 Å². The Labute approximate surface area is 93.1 Å². The molecule has 84 valence electrons. The van der Waals surface area contributed by atoms with Gasteiger partial charge in [-0.05, 0) is 44.1 Å². The smallest absolute Gasteiger partial charge is 0.0346 e. The summed E-state index contributed by atoms with van der Waals surface area (Å²) in [7, 11) is 2.16. The van der Waals surface area contributed by atoms with Crippen molar-refractivity contribution in [2.45, 2.75) is 33.2 Å². The Bertz CT molecular complexity index is 307. The van der Waals surface area contributed by atoms with Crippen molar-refractivity contribution < 1.29 is 0 Å². The van der Waals surface area contributed by atoms with Crippen LogP contribution in [0, 0.1) is 6.92 Å². The summed E-state index contributed by atoms with van der Waals surface area (Å²) in [6, 6.07) is 6.34. The third-order valence-corrected chi connectivity index (χ3v) is 2.69. The minimum Gasteiger partial charge on any atom is -0.399 e. The molecule has 0 atom stereocenters. The highest BCUT2D eigenvalue weighted by Crippen LogP contribution is 2.14. The van der Waals surface area contributed by atoms with E-state index in [1.807, 2.05) is 6.92 Å². The van der Waals surface area contributed by atoms with Crippen LogP contribution >= 0.6 is 0 Å². The van der Waals surface area contributed by atoms with E-state index in [9.17, 15) is 0 Å². The Morgan fingerprint density at radius 2 is 2.07 bits per heavy atom. The van der Waals surface area contributed by atoms with Gasteiger partial charge in [0.25, 0.3) is 0 Å². The first kappa shape index (κ1) is 12.1. The number of benzene rings is 1. The van der Waals surface area contributed by atoms with Gasteiger partial charge >= 0.3 is 0 Å². The summed E-state index contributed by atoms with van der Waals surface area (Å²) in [6.07, 6.45) is 2.51. The Morgan fingerprint density at radius 3 is 2.67 bits per heavy atom. The maximum Gasteiger partial charge on any atom is 0.0346 e. The molecule has 0 aliphatic rings. The number of hydrogen-bond donors (Lipinski definition) is 1. The predicted molar refractivity (Wildman–Crippen MR) is 66.8 cm³/mol. The van der Waals surface area contributed by atoms with E-state index in [0.29, 0.717) is 0 Å². The lowest BCUT2D eigenvalue weighted by atomic mass is 10.1. The van der Waals surface area contributed by atoms with Crippen LogP contribution in [0.3, 0.4) is 0 Å². The fourth-order valence-corrected chi connectivity index (χ4v) is 1.61. The zero-order chi connectivity index (χ0) is 11.3. The number of nitrogen functional groups attached to an aromatic ring is 1.